The van der Waals surface area contributed by atoms with Gasteiger partial charge in [0.2, 0.25) is 11.8 Å². The van der Waals surface area contributed by atoms with Crippen LogP contribution in [0.5, 0.6) is 0 Å². The molecule has 0 heterocycles. The number of nitrogens with one attached hydrogen (secondary N) is 2. The van der Waals surface area contributed by atoms with E-state index in [9.17, 15) is 81.0 Å². The molecule has 0 saturated heterocycles. The Morgan fingerprint density at radius 2 is 0.688 bits per heavy atom. The number of ketones is 2. The number of aryl methyl sites for hydroxylation is 1. The normalized spacial score (nSPS) is 13.5. The van der Waals surface area contributed by atoms with E-state index in [-0.39, 0.29) is 161 Å². The van der Waals surface area contributed by atoms with E-state index in [1.54, 1.807) is 24.3 Å². The zero-order valence-corrected chi connectivity index (χ0v) is 53.7. The number of hydrogen-bond donors (Lipinski definition) is 4. The van der Waals surface area contributed by atoms with Gasteiger partial charge in [-0.15, -0.1) is 0 Å². The molecule has 5 atom stereocenters. The van der Waals surface area contributed by atoms with E-state index < -0.39 is 139 Å². The number of rotatable bonds is 25. The summed E-state index contributed by atoms with van der Waals surface area (Å²) < 4.78 is 140. The Labute approximate surface area is 534 Å². The van der Waals surface area contributed by atoms with Crippen LogP contribution in [0.4, 0.5) is 0 Å². The third kappa shape index (κ3) is 23.1. The van der Waals surface area contributed by atoms with Gasteiger partial charge in [0.05, 0.1) is 31.7 Å². The first kappa shape index (κ1) is 72.5. The second-order valence-corrected chi connectivity index (χ2v) is 22.7. The van der Waals surface area contributed by atoms with Crippen LogP contribution in [0.1, 0.15) is 46.2 Å². The molecule has 5 N–H and O–H groups in total. The summed E-state index contributed by atoms with van der Waals surface area (Å²) in [7, 11) is -19.5. The van der Waals surface area contributed by atoms with Gasteiger partial charge in [0.1, 0.15) is 46.5 Å². The molecule has 29 heteroatoms. The van der Waals surface area contributed by atoms with Crippen LogP contribution < -0.4 is 135 Å². The Morgan fingerprint density at radius 3 is 1.00 bits per heavy atom. The molecular formula is C48H47N3Na4O18S4. The van der Waals surface area contributed by atoms with Gasteiger partial charge in [-0.05, 0) is 109 Å². The van der Waals surface area contributed by atoms with Crippen molar-refractivity contribution in [3.8, 4) is 0 Å². The van der Waals surface area contributed by atoms with Crippen molar-refractivity contribution >= 4 is 69.8 Å². The number of carbonyl (C=O) groups is 5. The van der Waals surface area contributed by atoms with Crippen LogP contribution in [0.25, 0.3) is 0 Å². The van der Waals surface area contributed by atoms with Gasteiger partial charge in [0, 0.05) is 31.1 Å². The summed E-state index contributed by atoms with van der Waals surface area (Å²) in [5, 5.41) is 15.2. The van der Waals surface area contributed by atoms with Crippen LogP contribution in [0.15, 0.2) is 141 Å². The van der Waals surface area contributed by atoms with Crippen LogP contribution in [0.2, 0.25) is 0 Å². The maximum atomic E-state index is 14.7. The van der Waals surface area contributed by atoms with Crippen molar-refractivity contribution in [2.75, 3.05) is 0 Å². The summed E-state index contributed by atoms with van der Waals surface area (Å²) >= 11 is 0. The van der Waals surface area contributed by atoms with Crippen molar-refractivity contribution in [2.24, 2.45) is 17.6 Å². The molecule has 5 unspecified atom stereocenters. The number of carboxylic acid groups (broad SMARTS) is 1. The second-order valence-electron chi connectivity index (χ2n) is 17.2. The Bertz CT molecular complexity index is 3300. The Kier molecular flexibility index (Phi) is 29.7. The summed E-state index contributed by atoms with van der Waals surface area (Å²) in [6, 6.07) is 19.8. The third-order valence-corrected chi connectivity index (χ3v) is 15.0. The van der Waals surface area contributed by atoms with Gasteiger partial charge in [-0.1, -0.05) is 78.4 Å². The van der Waals surface area contributed by atoms with Crippen molar-refractivity contribution < 1.29 is 199 Å². The standard InChI is InChI=1S/C48H51N3O18S4.4Na/c1-29-2-4-33(5-3-29)26-43(48(56)57)51-47(55)36(23-31-8-16-38(17-9-31)71(61,62)63)28-45(53)42(25-34-12-20-40(21-13-34)73(67,68)69)50-46(54)35(22-30-6-14-37(15-7-30)70(58,59)60)27-44(52)41(49)24-32-10-18-39(19-11-32)72(64,65)66;;;;/h2-21,35-36,41-43H,22-28,49H2,1H3,(H,50,54)(H,51,55)(H,56,57)(H,58,59,60)(H,61,62,63)(H,64,65,66)(H,67,68,69);;;;/q;4*+1/p-4. The number of amides is 2. The zero-order chi connectivity index (χ0) is 54.1. The molecule has 0 aliphatic rings. The molecule has 0 spiro atoms. The van der Waals surface area contributed by atoms with Crippen LogP contribution in [-0.4, -0.2) is 104 Å². The fourth-order valence-corrected chi connectivity index (χ4v) is 9.50. The number of carboxylic acids is 1. The summed E-state index contributed by atoms with van der Waals surface area (Å²) in [5.74, 6) is -7.87. The molecule has 77 heavy (non-hydrogen) atoms. The summed E-state index contributed by atoms with van der Waals surface area (Å²) in [5.41, 5.74) is 8.61. The van der Waals surface area contributed by atoms with Gasteiger partial charge in [0.15, 0.2) is 11.6 Å². The Hall–Kier alpha value is -2.55. The minimum Gasteiger partial charge on any atom is -0.744 e. The molecule has 5 rings (SSSR count). The largest absolute Gasteiger partial charge is 1.00 e. The van der Waals surface area contributed by atoms with E-state index >= 15 is 0 Å². The first-order valence-corrected chi connectivity index (χ1v) is 27.5. The van der Waals surface area contributed by atoms with Crippen molar-refractivity contribution in [1.82, 2.24) is 10.6 Å². The molecule has 0 bridgehead atoms. The summed E-state index contributed by atoms with van der Waals surface area (Å²) in [4.78, 5) is 67.2. The molecule has 2 amide bonds. The minimum atomic E-state index is -4.94. The van der Waals surface area contributed by atoms with Gasteiger partial charge < -0.3 is 39.7 Å². The SMILES string of the molecule is Cc1ccc(CC(NC(=O)C(CC(=O)C(Cc2ccc(S(=O)(=O)[O-])cc2)NC(=O)C(CC(=O)C(N)Cc2ccc(S(=O)(=O)[O-])cc2)Cc2ccc(S(=O)(=O)[O-])cc2)Cc2ccc(S(=O)(=O)[O-])cc2)C(=O)O)cc1.[Na+].[Na+].[Na+].[Na+]. The van der Waals surface area contributed by atoms with Crippen molar-refractivity contribution in [2.45, 2.75) is 89.6 Å². The number of nitrogens with two attached hydrogens (primary N) is 1. The Morgan fingerprint density at radius 1 is 0.429 bits per heavy atom. The maximum Gasteiger partial charge on any atom is 1.00 e. The zero-order valence-electron chi connectivity index (χ0n) is 42.5. The predicted octanol–water partition coefficient (Wildman–Crippen LogP) is -10.3. The van der Waals surface area contributed by atoms with Crippen LogP contribution >= 0.6 is 0 Å². The van der Waals surface area contributed by atoms with Gasteiger partial charge in [-0.3, -0.25) is 19.2 Å². The predicted molar refractivity (Wildman–Crippen MR) is 253 cm³/mol. The summed E-state index contributed by atoms with van der Waals surface area (Å²) in [6.45, 7) is 1.81. The van der Waals surface area contributed by atoms with Crippen molar-refractivity contribution in [3.63, 3.8) is 0 Å². The van der Waals surface area contributed by atoms with E-state index in [1.807, 2.05) is 6.92 Å². The molecule has 5 aromatic carbocycles. The number of aliphatic carboxylic acids is 1. The van der Waals surface area contributed by atoms with Crippen LogP contribution in [0, 0.1) is 18.8 Å². The molecule has 0 aliphatic heterocycles. The molecule has 0 aliphatic carbocycles. The van der Waals surface area contributed by atoms with E-state index in [4.69, 9.17) is 5.73 Å². The van der Waals surface area contributed by atoms with E-state index in [0.29, 0.717) is 11.1 Å². The Balaban J connectivity index is 0.00000741. The first-order valence-electron chi connectivity index (χ1n) is 21.9. The maximum absolute atomic E-state index is 14.7. The monoisotopic (exact) mass is 1170 g/mol. The van der Waals surface area contributed by atoms with Crippen molar-refractivity contribution in [1.29, 1.82) is 0 Å². The number of carbonyl (C=O) groups excluding carboxylic acids is 4. The van der Waals surface area contributed by atoms with E-state index in [2.05, 4.69) is 10.6 Å². The number of benzene rings is 5. The second kappa shape index (κ2) is 31.6. The topological polar surface area (TPSA) is 384 Å². The van der Waals surface area contributed by atoms with Gasteiger partial charge in [-0.25, -0.2) is 38.5 Å². The molecule has 21 nitrogen and oxygen atoms in total. The minimum absolute atomic E-state index is 0. The fourth-order valence-electron chi connectivity index (χ4n) is 7.62. The van der Waals surface area contributed by atoms with E-state index in [0.717, 1.165) is 54.1 Å². The van der Waals surface area contributed by atoms with E-state index in [1.165, 1.54) is 48.5 Å². The average Bonchev–Trinajstić information content (AvgIpc) is 3.30. The molecule has 0 radical (unpaired) electrons. The molecule has 0 saturated carbocycles. The number of Topliss-reactive ketones (excluding diaryl/α,β-unsaturated/α-hetero) is 2. The van der Waals surface area contributed by atoms with Gasteiger partial charge in [0.25, 0.3) is 0 Å². The van der Waals surface area contributed by atoms with Crippen LogP contribution in [0.3, 0.4) is 0 Å². The quantitative estimate of drug-likeness (QED) is 0.0311. The van der Waals surface area contributed by atoms with Crippen molar-refractivity contribution in [3.05, 3.63) is 155 Å². The smallest absolute Gasteiger partial charge is 0.744 e. The number of hydrogen-bond acceptors (Lipinski definition) is 18. The fraction of sp³-hybridized carbons (Fsp3) is 0.271. The summed E-state index contributed by atoms with van der Waals surface area (Å²) in [6.07, 6.45) is -2.93. The molecule has 0 aromatic heterocycles. The van der Waals surface area contributed by atoms with Gasteiger partial charge >= 0.3 is 124 Å². The molecule has 390 valence electrons. The first-order chi connectivity index (χ1) is 34.0. The molecule has 0 fully saturated rings. The average molecular weight is 1170 g/mol. The third-order valence-electron chi connectivity index (χ3n) is 11.6. The molecular weight excluding hydrogens is 1130 g/mol. The molecule has 5 aromatic rings. The van der Waals surface area contributed by atoms with Gasteiger partial charge in [-0.2, -0.15) is 0 Å². The van der Waals surface area contributed by atoms with Crippen LogP contribution in [-0.2, 0) is 96.5 Å².